The largest absolute Gasteiger partial charge is 0.341 e. The monoisotopic (exact) mass is 225 g/mol. The van der Waals surface area contributed by atoms with Crippen LogP contribution in [0.2, 0.25) is 0 Å². The van der Waals surface area contributed by atoms with Gasteiger partial charge in [0.2, 0.25) is 5.91 Å². The molecule has 0 aliphatic carbocycles. The van der Waals surface area contributed by atoms with Gasteiger partial charge in [0.15, 0.2) is 0 Å². The molecule has 0 bridgehead atoms. The van der Waals surface area contributed by atoms with Gasteiger partial charge in [0, 0.05) is 32.2 Å². The minimum absolute atomic E-state index is 0.00843. The molecule has 0 aromatic heterocycles. The molecule has 2 heterocycles. The first kappa shape index (κ1) is 11.9. The maximum Gasteiger partial charge on any atom is 0.239 e. The van der Waals surface area contributed by atoms with E-state index in [9.17, 15) is 4.79 Å². The van der Waals surface area contributed by atoms with Crippen LogP contribution in [0.5, 0.6) is 0 Å². The van der Waals surface area contributed by atoms with E-state index >= 15 is 0 Å². The fraction of sp³-hybridized carbons (Fsp3) is 0.917. The van der Waals surface area contributed by atoms with Crippen molar-refractivity contribution in [2.45, 2.75) is 38.8 Å². The second-order valence-electron chi connectivity index (χ2n) is 5.30. The SMILES string of the molecule is CC1CN(C(C)C(=O)N2CCCC2)CC1N. The van der Waals surface area contributed by atoms with Crippen LogP contribution < -0.4 is 5.73 Å². The molecule has 2 fully saturated rings. The second-order valence-corrected chi connectivity index (χ2v) is 5.30. The molecule has 4 nitrogen and oxygen atoms in total. The molecule has 0 radical (unpaired) electrons. The minimum Gasteiger partial charge on any atom is -0.341 e. The van der Waals surface area contributed by atoms with Crippen molar-refractivity contribution in [3.63, 3.8) is 0 Å². The molecule has 3 unspecified atom stereocenters. The molecule has 1 amide bonds. The molecule has 0 spiro atoms. The summed E-state index contributed by atoms with van der Waals surface area (Å²) in [7, 11) is 0. The lowest BCUT2D eigenvalue weighted by atomic mass is 10.1. The Hall–Kier alpha value is -0.610. The fourth-order valence-corrected chi connectivity index (χ4v) is 2.70. The molecule has 2 rings (SSSR count). The van der Waals surface area contributed by atoms with Gasteiger partial charge in [0.05, 0.1) is 6.04 Å². The van der Waals surface area contributed by atoms with E-state index in [4.69, 9.17) is 5.73 Å². The van der Waals surface area contributed by atoms with E-state index in [1.165, 1.54) is 0 Å². The molecule has 2 aliphatic rings. The Morgan fingerprint density at radius 1 is 1.31 bits per heavy atom. The van der Waals surface area contributed by atoms with E-state index in [1.807, 2.05) is 11.8 Å². The zero-order chi connectivity index (χ0) is 11.7. The predicted molar refractivity (Wildman–Crippen MR) is 64.0 cm³/mol. The van der Waals surface area contributed by atoms with Crippen molar-refractivity contribution in [1.29, 1.82) is 0 Å². The fourth-order valence-electron chi connectivity index (χ4n) is 2.70. The highest BCUT2D eigenvalue weighted by Gasteiger charge is 2.34. The van der Waals surface area contributed by atoms with Gasteiger partial charge >= 0.3 is 0 Å². The summed E-state index contributed by atoms with van der Waals surface area (Å²) in [4.78, 5) is 16.4. The average Bonchev–Trinajstić information content (AvgIpc) is 2.87. The van der Waals surface area contributed by atoms with E-state index in [0.717, 1.165) is 39.0 Å². The lowest BCUT2D eigenvalue weighted by Gasteiger charge is -2.27. The van der Waals surface area contributed by atoms with Crippen molar-refractivity contribution in [3.8, 4) is 0 Å². The molecule has 0 aromatic carbocycles. The Bertz CT molecular complexity index is 253. The summed E-state index contributed by atoms with van der Waals surface area (Å²) in [6.07, 6.45) is 2.32. The number of hydrogen-bond acceptors (Lipinski definition) is 3. The molecular formula is C12H23N3O. The van der Waals surface area contributed by atoms with Crippen molar-refractivity contribution in [2.75, 3.05) is 26.2 Å². The number of likely N-dealkylation sites (tertiary alicyclic amines) is 2. The van der Waals surface area contributed by atoms with E-state index < -0.39 is 0 Å². The Morgan fingerprint density at radius 3 is 2.44 bits per heavy atom. The molecule has 16 heavy (non-hydrogen) atoms. The van der Waals surface area contributed by atoms with E-state index in [-0.39, 0.29) is 12.1 Å². The molecule has 3 atom stereocenters. The number of carbonyl (C=O) groups excluding carboxylic acids is 1. The maximum atomic E-state index is 12.2. The summed E-state index contributed by atoms with van der Waals surface area (Å²) in [5.41, 5.74) is 5.99. The van der Waals surface area contributed by atoms with Gasteiger partial charge in [-0.05, 0) is 25.7 Å². The Morgan fingerprint density at radius 2 is 1.94 bits per heavy atom. The van der Waals surface area contributed by atoms with Gasteiger partial charge in [-0.2, -0.15) is 0 Å². The molecule has 2 N–H and O–H groups in total. The number of nitrogens with two attached hydrogens (primary N) is 1. The number of nitrogens with zero attached hydrogens (tertiary/aromatic N) is 2. The summed E-state index contributed by atoms with van der Waals surface area (Å²) in [6.45, 7) is 7.89. The lowest BCUT2D eigenvalue weighted by Crippen LogP contribution is -2.46. The smallest absolute Gasteiger partial charge is 0.239 e. The van der Waals surface area contributed by atoms with Crippen LogP contribution in [0.15, 0.2) is 0 Å². The first-order chi connectivity index (χ1) is 7.59. The van der Waals surface area contributed by atoms with Crippen LogP contribution in [0.4, 0.5) is 0 Å². The highest BCUT2D eigenvalue weighted by molar-refractivity contribution is 5.81. The van der Waals surface area contributed by atoms with Gasteiger partial charge in [-0.1, -0.05) is 6.92 Å². The maximum absolute atomic E-state index is 12.2. The summed E-state index contributed by atoms with van der Waals surface area (Å²) in [5.74, 6) is 0.799. The van der Waals surface area contributed by atoms with Crippen LogP contribution in [0, 0.1) is 5.92 Å². The van der Waals surface area contributed by atoms with E-state index in [1.54, 1.807) is 0 Å². The highest BCUT2D eigenvalue weighted by Crippen LogP contribution is 2.19. The van der Waals surface area contributed by atoms with Crippen molar-refractivity contribution in [3.05, 3.63) is 0 Å². The summed E-state index contributed by atoms with van der Waals surface area (Å²) >= 11 is 0. The lowest BCUT2D eigenvalue weighted by molar-refractivity contribution is -0.135. The van der Waals surface area contributed by atoms with Crippen LogP contribution in [0.3, 0.4) is 0 Å². The highest BCUT2D eigenvalue weighted by atomic mass is 16.2. The second kappa shape index (κ2) is 4.72. The first-order valence-corrected chi connectivity index (χ1v) is 6.38. The van der Waals surface area contributed by atoms with Gasteiger partial charge in [-0.3, -0.25) is 9.69 Å². The van der Waals surface area contributed by atoms with Gasteiger partial charge in [-0.25, -0.2) is 0 Å². The van der Waals surface area contributed by atoms with Gasteiger partial charge < -0.3 is 10.6 Å². The summed E-state index contributed by atoms with van der Waals surface area (Å²) in [6, 6.07) is 0.239. The Balaban J connectivity index is 1.91. The third kappa shape index (κ3) is 2.23. The third-order valence-electron chi connectivity index (χ3n) is 4.02. The quantitative estimate of drug-likeness (QED) is 0.734. The summed E-state index contributed by atoms with van der Waals surface area (Å²) < 4.78 is 0. The standard InChI is InChI=1S/C12H23N3O/c1-9-7-15(8-11(9)13)10(2)12(16)14-5-3-4-6-14/h9-11H,3-8,13H2,1-2H3. The minimum atomic E-state index is 0.00843. The first-order valence-electron chi connectivity index (χ1n) is 6.38. The molecule has 92 valence electrons. The average molecular weight is 225 g/mol. The third-order valence-corrected chi connectivity index (χ3v) is 4.02. The molecule has 2 saturated heterocycles. The predicted octanol–water partition coefficient (Wildman–Crippen LogP) is 0.276. The topological polar surface area (TPSA) is 49.6 Å². The Labute approximate surface area is 97.8 Å². The normalized spacial score (nSPS) is 33.3. The van der Waals surface area contributed by atoms with Gasteiger partial charge in [0.1, 0.15) is 0 Å². The number of rotatable bonds is 2. The molecule has 2 aliphatic heterocycles. The van der Waals surface area contributed by atoms with Crippen LogP contribution in [0.25, 0.3) is 0 Å². The number of hydrogen-bond donors (Lipinski definition) is 1. The molecule has 4 heteroatoms. The van der Waals surface area contributed by atoms with Crippen LogP contribution in [-0.2, 0) is 4.79 Å². The van der Waals surface area contributed by atoms with Crippen LogP contribution >= 0.6 is 0 Å². The van der Waals surface area contributed by atoms with Crippen LogP contribution in [0.1, 0.15) is 26.7 Å². The van der Waals surface area contributed by atoms with Crippen LogP contribution in [-0.4, -0.2) is 54.0 Å². The zero-order valence-electron chi connectivity index (χ0n) is 10.4. The zero-order valence-corrected chi connectivity index (χ0v) is 10.4. The van der Waals surface area contributed by atoms with Crippen molar-refractivity contribution < 1.29 is 4.79 Å². The van der Waals surface area contributed by atoms with Crippen molar-refractivity contribution >= 4 is 5.91 Å². The van der Waals surface area contributed by atoms with Crippen molar-refractivity contribution in [2.24, 2.45) is 11.7 Å². The molecular weight excluding hydrogens is 202 g/mol. The molecule has 0 aromatic rings. The molecule has 0 saturated carbocycles. The Kier molecular flexibility index (Phi) is 3.50. The van der Waals surface area contributed by atoms with Gasteiger partial charge in [-0.15, -0.1) is 0 Å². The number of amides is 1. The number of carbonyl (C=O) groups is 1. The summed E-state index contributed by atoms with van der Waals surface area (Å²) in [5, 5.41) is 0. The van der Waals surface area contributed by atoms with Crippen molar-refractivity contribution in [1.82, 2.24) is 9.80 Å². The van der Waals surface area contributed by atoms with E-state index in [0.29, 0.717) is 11.8 Å². The van der Waals surface area contributed by atoms with E-state index in [2.05, 4.69) is 11.8 Å². The van der Waals surface area contributed by atoms with Gasteiger partial charge in [0.25, 0.3) is 0 Å².